The fourth-order valence-electron chi connectivity index (χ4n) is 3.66. The average molecular weight is 439 g/mol. The Hall–Kier alpha value is -1.52. The first kappa shape index (κ1) is 22.8. The molecule has 0 bridgehead atoms. The van der Waals surface area contributed by atoms with Crippen molar-refractivity contribution in [3.05, 3.63) is 70.8 Å². The van der Waals surface area contributed by atoms with Crippen molar-refractivity contribution in [2.75, 3.05) is 32.7 Å². The first-order valence-corrected chi connectivity index (χ1v) is 9.73. The Bertz CT molecular complexity index is 838. The van der Waals surface area contributed by atoms with Gasteiger partial charge in [0.1, 0.15) is 5.84 Å². The molecule has 2 aromatic carbocycles. The molecule has 28 heavy (non-hydrogen) atoms. The lowest BCUT2D eigenvalue weighted by Gasteiger charge is -2.36. The van der Waals surface area contributed by atoms with E-state index in [0.717, 1.165) is 55.7 Å². The third kappa shape index (κ3) is 4.90. The van der Waals surface area contributed by atoms with Crippen LogP contribution in [0.4, 0.5) is 5.69 Å². The molecule has 0 N–H and O–H groups in total. The summed E-state index contributed by atoms with van der Waals surface area (Å²) in [6.45, 7) is 7.55. The van der Waals surface area contributed by atoms with E-state index in [0.29, 0.717) is 0 Å². The Morgan fingerprint density at radius 1 is 0.929 bits per heavy atom. The van der Waals surface area contributed by atoms with Crippen LogP contribution in [0.25, 0.3) is 5.57 Å². The number of halogens is 3. The van der Waals surface area contributed by atoms with Crippen LogP contribution in [0.3, 0.4) is 0 Å². The third-order valence-electron chi connectivity index (χ3n) is 5.26. The number of nitrogens with zero attached hydrogens (tertiary/aromatic N) is 3. The smallest absolute Gasteiger partial charge is 0.136 e. The molecule has 150 valence electrons. The van der Waals surface area contributed by atoms with E-state index in [1.165, 1.54) is 16.7 Å². The quantitative estimate of drug-likeness (QED) is 0.617. The lowest BCUT2D eigenvalue weighted by Crippen LogP contribution is -2.48. The Kier molecular flexibility index (Phi) is 8.38. The van der Waals surface area contributed by atoms with Crippen LogP contribution in [0.15, 0.2) is 59.6 Å². The zero-order valence-electron chi connectivity index (χ0n) is 16.0. The van der Waals surface area contributed by atoms with Crippen molar-refractivity contribution in [3.63, 3.8) is 0 Å². The van der Waals surface area contributed by atoms with Gasteiger partial charge in [-0.3, -0.25) is 0 Å². The Balaban J connectivity index is 0.00000140. The summed E-state index contributed by atoms with van der Waals surface area (Å²) in [4.78, 5) is 10.0. The van der Waals surface area contributed by atoms with Gasteiger partial charge in [0.25, 0.3) is 0 Å². The molecule has 0 aliphatic carbocycles. The summed E-state index contributed by atoms with van der Waals surface area (Å²) < 4.78 is 0. The number of para-hydroxylation sites is 1. The summed E-state index contributed by atoms with van der Waals surface area (Å²) in [6, 6.07) is 16.6. The van der Waals surface area contributed by atoms with Gasteiger partial charge >= 0.3 is 0 Å². The maximum atomic E-state index is 6.11. The maximum absolute atomic E-state index is 6.11. The molecule has 0 aromatic heterocycles. The van der Waals surface area contributed by atoms with Crippen molar-refractivity contribution in [2.45, 2.75) is 13.3 Å². The molecule has 6 heteroatoms. The number of fused-ring (bicyclic) bond motifs is 1. The first-order chi connectivity index (χ1) is 12.7. The minimum Gasteiger partial charge on any atom is -0.354 e. The van der Waals surface area contributed by atoms with Gasteiger partial charge in [-0.05, 0) is 42.3 Å². The molecular formula is C22H26Cl3N3. The van der Waals surface area contributed by atoms with Gasteiger partial charge < -0.3 is 9.80 Å². The highest BCUT2D eigenvalue weighted by molar-refractivity contribution is 6.30. The number of likely N-dealkylation sites (N-methyl/N-ethyl adjacent to an activating group) is 1. The van der Waals surface area contributed by atoms with Crippen molar-refractivity contribution < 1.29 is 0 Å². The van der Waals surface area contributed by atoms with Crippen molar-refractivity contribution in [2.24, 2.45) is 4.99 Å². The Labute approximate surface area is 184 Å². The zero-order chi connectivity index (χ0) is 17.9. The molecule has 2 aromatic rings. The summed E-state index contributed by atoms with van der Waals surface area (Å²) in [5, 5.41) is 0.765. The molecule has 2 aliphatic rings. The van der Waals surface area contributed by atoms with E-state index in [1.54, 1.807) is 0 Å². The molecule has 4 rings (SSSR count). The van der Waals surface area contributed by atoms with E-state index in [1.807, 2.05) is 12.1 Å². The first-order valence-electron chi connectivity index (χ1n) is 9.35. The minimum absolute atomic E-state index is 0. The average Bonchev–Trinajstić information content (AvgIpc) is 2.88. The molecule has 2 heterocycles. The fraction of sp³-hybridized carbons (Fsp3) is 0.318. The SMILES string of the molecule is CCN1CCN(C2=Nc3ccccc3CC=C2c2ccc(Cl)cc2)CC1.Cl.Cl. The summed E-state index contributed by atoms with van der Waals surface area (Å²) in [7, 11) is 0. The largest absolute Gasteiger partial charge is 0.354 e. The number of hydrogen-bond donors (Lipinski definition) is 0. The van der Waals surface area contributed by atoms with Crippen molar-refractivity contribution in [1.82, 2.24) is 9.80 Å². The van der Waals surface area contributed by atoms with E-state index in [-0.39, 0.29) is 24.8 Å². The van der Waals surface area contributed by atoms with Gasteiger partial charge in [0, 0.05) is 36.8 Å². The number of aliphatic imine (C=N–C) groups is 1. The van der Waals surface area contributed by atoms with Crippen LogP contribution in [0.5, 0.6) is 0 Å². The lowest BCUT2D eigenvalue weighted by atomic mass is 10.0. The Morgan fingerprint density at radius 2 is 1.61 bits per heavy atom. The third-order valence-corrected chi connectivity index (χ3v) is 5.51. The van der Waals surface area contributed by atoms with Gasteiger partial charge in [0.15, 0.2) is 0 Å². The molecule has 3 nitrogen and oxygen atoms in total. The summed E-state index contributed by atoms with van der Waals surface area (Å²) in [6.07, 6.45) is 3.22. The van der Waals surface area contributed by atoms with Gasteiger partial charge in [-0.2, -0.15) is 0 Å². The van der Waals surface area contributed by atoms with Crippen LogP contribution in [0.2, 0.25) is 5.02 Å². The van der Waals surface area contributed by atoms with Gasteiger partial charge in [-0.1, -0.05) is 54.9 Å². The lowest BCUT2D eigenvalue weighted by molar-refractivity contribution is 0.191. The van der Waals surface area contributed by atoms with Gasteiger partial charge in [-0.15, -0.1) is 24.8 Å². The standard InChI is InChI=1S/C22H24ClN3.2ClH/c1-2-25-13-15-26(16-14-25)22-20(17-7-10-19(23)11-8-17)12-9-18-5-3-4-6-21(18)24-22;;/h3-8,10-12H,2,9,13-16H2,1H3;2*1H. The Morgan fingerprint density at radius 3 is 2.29 bits per heavy atom. The number of piperazine rings is 1. The predicted molar refractivity (Wildman–Crippen MR) is 125 cm³/mol. The van der Waals surface area contributed by atoms with Crippen LogP contribution in [-0.2, 0) is 6.42 Å². The summed E-state index contributed by atoms with van der Waals surface area (Å²) >= 11 is 6.11. The molecule has 0 saturated carbocycles. The molecule has 0 radical (unpaired) electrons. The van der Waals surface area contributed by atoms with E-state index in [9.17, 15) is 0 Å². The predicted octanol–water partition coefficient (Wildman–Crippen LogP) is 5.49. The van der Waals surface area contributed by atoms with E-state index in [4.69, 9.17) is 16.6 Å². The van der Waals surface area contributed by atoms with Gasteiger partial charge in [0.05, 0.1) is 5.69 Å². The van der Waals surface area contributed by atoms with Crippen LogP contribution in [0, 0.1) is 0 Å². The van der Waals surface area contributed by atoms with E-state index >= 15 is 0 Å². The number of allylic oxidation sites excluding steroid dienone is 1. The second-order valence-corrected chi connectivity index (χ2v) is 7.25. The second-order valence-electron chi connectivity index (χ2n) is 6.81. The normalized spacial score (nSPS) is 16.7. The molecule has 0 amide bonds. The molecule has 2 aliphatic heterocycles. The molecule has 0 spiro atoms. The topological polar surface area (TPSA) is 18.8 Å². The van der Waals surface area contributed by atoms with Crippen molar-refractivity contribution in [1.29, 1.82) is 0 Å². The van der Waals surface area contributed by atoms with Crippen LogP contribution in [0.1, 0.15) is 18.1 Å². The van der Waals surface area contributed by atoms with Crippen LogP contribution >= 0.6 is 36.4 Å². The maximum Gasteiger partial charge on any atom is 0.136 e. The van der Waals surface area contributed by atoms with Crippen LogP contribution in [-0.4, -0.2) is 48.4 Å². The highest BCUT2D eigenvalue weighted by atomic mass is 35.5. The monoisotopic (exact) mass is 437 g/mol. The number of amidine groups is 1. The number of rotatable bonds is 2. The summed E-state index contributed by atoms with van der Waals surface area (Å²) in [5.74, 6) is 1.09. The number of hydrogen-bond acceptors (Lipinski definition) is 3. The molecule has 1 saturated heterocycles. The van der Waals surface area contributed by atoms with Crippen molar-refractivity contribution in [3.8, 4) is 0 Å². The fourth-order valence-corrected chi connectivity index (χ4v) is 3.79. The number of benzene rings is 2. The minimum atomic E-state index is 0. The van der Waals surface area contributed by atoms with Gasteiger partial charge in [-0.25, -0.2) is 4.99 Å². The van der Waals surface area contributed by atoms with E-state index < -0.39 is 0 Å². The van der Waals surface area contributed by atoms with Gasteiger partial charge in [0.2, 0.25) is 0 Å². The molecule has 0 unspecified atom stereocenters. The highest BCUT2D eigenvalue weighted by Gasteiger charge is 2.24. The zero-order valence-corrected chi connectivity index (χ0v) is 18.4. The van der Waals surface area contributed by atoms with E-state index in [2.05, 4.69) is 59.2 Å². The molecule has 0 atom stereocenters. The van der Waals surface area contributed by atoms with Crippen LogP contribution < -0.4 is 0 Å². The molecular weight excluding hydrogens is 413 g/mol. The highest BCUT2D eigenvalue weighted by Crippen LogP contribution is 2.30. The second kappa shape index (κ2) is 10.3. The molecule has 1 fully saturated rings. The summed E-state index contributed by atoms with van der Waals surface area (Å²) in [5.41, 5.74) is 4.75. The van der Waals surface area contributed by atoms with Crippen molar-refractivity contribution >= 4 is 53.5 Å².